The van der Waals surface area contributed by atoms with Gasteiger partial charge in [-0.1, -0.05) is 30.3 Å². The minimum atomic E-state index is -4.00. The summed E-state index contributed by atoms with van der Waals surface area (Å²) in [5.74, 6) is 0. The molecule has 1 rings (SSSR count). The van der Waals surface area contributed by atoms with Gasteiger partial charge in [-0.2, -0.15) is 8.42 Å². The molecule has 17 heavy (non-hydrogen) atoms. The van der Waals surface area contributed by atoms with E-state index in [1.807, 2.05) is 6.07 Å². The molecule has 0 radical (unpaired) electrons. The molecule has 1 N–H and O–H groups in total. The number of hydrogen-bond acceptors (Lipinski definition) is 5. The third kappa shape index (κ3) is 15.1. The van der Waals surface area contributed by atoms with E-state index in [0.717, 1.165) is 11.0 Å². The second-order valence-corrected chi connectivity index (χ2v) is 3.75. The molecule has 88 valence electrons. The van der Waals surface area contributed by atoms with Crippen LogP contribution in [0.3, 0.4) is 0 Å². The maximum atomic E-state index is 10.3. The summed E-state index contributed by atoms with van der Waals surface area (Å²) in [6.07, 6.45) is 1.33. The smallest absolute Gasteiger partial charge is 0.356 e. The fourth-order valence-corrected chi connectivity index (χ4v) is 1.06. The second kappa shape index (κ2) is 9.14. The molecule has 0 spiro atoms. The van der Waals surface area contributed by atoms with E-state index in [9.17, 15) is 8.42 Å². The van der Waals surface area contributed by atoms with Crippen molar-refractivity contribution in [1.29, 1.82) is 0 Å². The van der Waals surface area contributed by atoms with Crippen molar-refractivity contribution in [2.75, 3.05) is 0 Å². The zero-order valence-electron chi connectivity index (χ0n) is 8.89. The average Bonchev–Trinajstić information content (AvgIpc) is 2.14. The molecule has 0 amide bonds. The van der Waals surface area contributed by atoms with Gasteiger partial charge in [0, 0.05) is 0 Å². The zero-order valence-corrected chi connectivity index (χ0v) is 11.7. The van der Waals surface area contributed by atoms with Gasteiger partial charge in [0.1, 0.15) is 0 Å². The predicted molar refractivity (Wildman–Crippen MR) is 57.4 cm³/mol. The van der Waals surface area contributed by atoms with Gasteiger partial charge < -0.3 is 15.3 Å². The van der Waals surface area contributed by atoms with Crippen molar-refractivity contribution < 1.29 is 47.6 Å². The van der Waals surface area contributed by atoms with Gasteiger partial charge in [-0.05, 0) is 11.6 Å². The minimum Gasteiger partial charge on any atom is -0.356 e. The Morgan fingerprint density at radius 3 is 1.94 bits per heavy atom. The molecule has 0 heterocycles. The van der Waals surface area contributed by atoms with Crippen LogP contribution in [0.5, 0.6) is 0 Å². The molecule has 1 aromatic carbocycles. The first kappa shape index (κ1) is 18.4. The van der Waals surface area contributed by atoms with Crippen LogP contribution in [0, 0.1) is 15.3 Å². The van der Waals surface area contributed by atoms with Crippen LogP contribution in [0.15, 0.2) is 35.7 Å². The molecule has 0 aromatic heterocycles. The Balaban J connectivity index is 0. The first-order valence-electron chi connectivity index (χ1n) is 3.83. The number of rotatable bonds is 2. The summed E-state index contributed by atoms with van der Waals surface area (Å²) in [5.41, 5.74) is 0.732. The third-order valence-corrected chi connectivity index (χ3v) is 1.71. The number of nitrogens with zero attached hydrogens (tertiary/aromatic N) is 1. The summed E-state index contributed by atoms with van der Waals surface area (Å²) in [5, 5.41) is 15.5. The SMILES string of the molecule is O=S(=O)(O)C=Cc1ccccc1.O=[N+]([O-])[O-].[Na+]. The van der Waals surface area contributed by atoms with Crippen molar-refractivity contribution >= 4 is 16.2 Å². The van der Waals surface area contributed by atoms with Gasteiger partial charge in [0.2, 0.25) is 0 Å². The van der Waals surface area contributed by atoms with E-state index < -0.39 is 15.2 Å². The predicted octanol–water partition coefficient (Wildman–Crippen LogP) is -1.69. The Bertz CT molecular complexity index is 454. The first-order valence-corrected chi connectivity index (χ1v) is 5.34. The summed E-state index contributed by atoms with van der Waals surface area (Å²) >= 11 is 0. The van der Waals surface area contributed by atoms with Crippen molar-refractivity contribution in [3.63, 3.8) is 0 Å². The van der Waals surface area contributed by atoms with Crippen LogP contribution in [-0.4, -0.2) is 18.1 Å². The number of benzene rings is 1. The van der Waals surface area contributed by atoms with Gasteiger partial charge in [-0.25, -0.2) is 0 Å². The molecule has 0 atom stereocenters. The van der Waals surface area contributed by atoms with E-state index in [4.69, 9.17) is 19.9 Å². The van der Waals surface area contributed by atoms with Gasteiger partial charge in [0.05, 0.1) is 10.5 Å². The Morgan fingerprint density at radius 1 is 1.18 bits per heavy atom. The molecular weight excluding hydrogens is 261 g/mol. The third-order valence-electron chi connectivity index (χ3n) is 1.23. The number of hydrogen-bond donors (Lipinski definition) is 1. The molecule has 0 unspecified atom stereocenters. The zero-order chi connectivity index (χ0) is 12.6. The summed E-state index contributed by atoms with van der Waals surface area (Å²) < 4.78 is 28.9. The van der Waals surface area contributed by atoms with E-state index in [1.54, 1.807) is 24.3 Å². The molecule has 7 nitrogen and oxygen atoms in total. The molecule has 0 aliphatic carbocycles. The van der Waals surface area contributed by atoms with Crippen LogP contribution >= 0.6 is 0 Å². The average molecular weight is 269 g/mol. The standard InChI is InChI=1S/C8H8O3S.NO3.Na/c9-12(10,11)7-6-8-4-2-1-3-5-8;2-1(3)4;/h1-7H,(H,9,10,11);;/q;-1;+1. The maximum Gasteiger partial charge on any atom is 1.00 e. The van der Waals surface area contributed by atoms with Crippen LogP contribution in [0.1, 0.15) is 5.56 Å². The van der Waals surface area contributed by atoms with Crippen LogP contribution in [0.25, 0.3) is 6.08 Å². The Kier molecular flexibility index (Phi) is 9.91. The molecule has 0 fully saturated rings. The van der Waals surface area contributed by atoms with E-state index >= 15 is 0 Å². The van der Waals surface area contributed by atoms with E-state index in [0.29, 0.717) is 0 Å². The molecule has 0 aliphatic heterocycles. The normalized spacial score (nSPS) is 9.94. The van der Waals surface area contributed by atoms with Crippen molar-refractivity contribution in [3.05, 3.63) is 56.6 Å². The van der Waals surface area contributed by atoms with Crippen LogP contribution in [0.4, 0.5) is 0 Å². The molecular formula is C8H8NNaO6S. The van der Waals surface area contributed by atoms with Crippen molar-refractivity contribution in [3.8, 4) is 0 Å². The van der Waals surface area contributed by atoms with Gasteiger partial charge in [-0.3, -0.25) is 4.55 Å². The van der Waals surface area contributed by atoms with Crippen LogP contribution in [0.2, 0.25) is 0 Å². The monoisotopic (exact) mass is 269 g/mol. The quantitative estimate of drug-likeness (QED) is 0.296. The second-order valence-electron chi connectivity index (χ2n) is 2.45. The summed E-state index contributed by atoms with van der Waals surface area (Å²) in [6.45, 7) is 0. The Morgan fingerprint density at radius 2 is 1.59 bits per heavy atom. The molecule has 9 heteroatoms. The topological polar surface area (TPSA) is 121 Å². The molecule has 0 aliphatic rings. The first-order chi connectivity index (χ1) is 7.31. The fraction of sp³-hybridized carbons (Fsp3) is 0. The molecule has 0 saturated carbocycles. The fourth-order valence-electron chi connectivity index (χ4n) is 0.729. The summed E-state index contributed by atoms with van der Waals surface area (Å²) in [7, 11) is -4.00. The summed E-state index contributed by atoms with van der Waals surface area (Å²) in [4.78, 5) is 8.25. The van der Waals surface area contributed by atoms with E-state index in [1.165, 1.54) is 6.08 Å². The maximum absolute atomic E-state index is 10.3. The van der Waals surface area contributed by atoms with Crippen molar-refractivity contribution in [2.45, 2.75) is 0 Å². The van der Waals surface area contributed by atoms with Gasteiger partial charge in [0.25, 0.3) is 10.1 Å². The molecule has 0 saturated heterocycles. The van der Waals surface area contributed by atoms with Gasteiger partial charge in [0.15, 0.2) is 0 Å². The van der Waals surface area contributed by atoms with E-state index in [2.05, 4.69) is 0 Å². The largest absolute Gasteiger partial charge is 1.00 e. The Labute approximate surface area is 120 Å². The molecule has 0 bridgehead atoms. The van der Waals surface area contributed by atoms with Crippen molar-refractivity contribution in [2.24, 2.45) is 0 Å². The van der Waals surface area contributed by atoms with Crippen LogP contribution in [-0.2, 0) is 10.1 Å². The van der Waals surface area contributed by atoms with Gasteiger partial charge >= 0.3 is 29.6 Å². The minimum absolute atomic E-state index is 0. The Hall–Kier alpha value is -0.930. The van der Waals surface area contributed by atoms with E-state index in [-0.39, 0.29) is 29.6 Å². The van der Waals surface area contributed by atoms with Gasteiger partial charge in [-0.15, -0.1) is 0 Å². The molecule has 1 aromatic rings. The summed E-state index contributed by atoms with van der Waals surface area (Å²) in [6, 6.07) is 8.86. The van der Waals surface area contributed by atoms with Crippen molar-refractivity contribution in [1.82, 2.24) is 0 Å². The van der Waals surface area contributed by atoms with Crippen LogP contribution < -0.4 is 29.6 Å².